The van der Waals surface area contributed by atoms with Crippen LogP contribution in [0.1, 0.15) is 28.0 Å². The topological polar surface area (TPSA) is 64.0 Å². The average molecular weight is 397 g/mol. The molecule has 0 aliphatic heterocycles. The Morgan fingerprint density at radius 3 is 3.00 bits per heavy atom. The number of fused-ring (bicyclic) bond motifs is 1. The third-order valence-electron chi connectivity index (χ3n) is 3.96. The number of aryl methyl sites for hydroxylation is 2. The molecule has 1 amide bonds. The van der Waals surface area contributed by atoms with Crippen molar-refractivity contribution in [2.24, 2.45) is 7.05 Å². The van der Waals surface area contributed by atoms with Crippen LogP contribution in [0.25, 0.3) is 0 Å². The lowest BCUT2D eigenvalue weighted by molar-refractivity contribution is 0.0933. The zero-order chi connectivity index (χ0) is 16.6. The maximum absolute atomic E-state index is 12.4. The molecular formula is C16H15BrClN3O2. The predicted molar refractivity (Wildman–Crippen MR) is 91.9 cm³/mol. The highest BCUT2D eigenvalue weighted by Gasteiger charge is 2.23. The Bertz CT molecular complexity index is 835. The minimum Gasteiger partial charge on any atom is -0.349 e. The number of halogens is 2. The maximum atomic E-state index is 12.4. The molecule has 0 bridgehead atoms. The smallest absolute Gasteiger partial charge is 0.266 e. The number of carbonyl (C=O) groups is 1. The van der Waals surface area contributed by atoms with Gasteiger partial charge in [0, 0.05) is 23.6 Å². The Kier molecular flexibility index (Phi) is 4.55. The number of carbonyl (C=O) groups excluding carboxylic acids is 1. The molecule has 1 aromatic carbocycles. The molecule has 0 saturated heterocycles. The van der Waals surface area contributed by atoms with Gasteiger partial charge >= 0.3 is 0 Å². The number of hydrogen-bond acceptors (Lipinski definition) is 3. The number of rotatable bonds is 2. The largest absolute Gasteiger partial charge is 0.349 e. The van der Waals surface area contributed by atoms with Crippen LogP contribution in [0.5, 0.6) is 0 Å². The lowest BCUT2D eigenvalue weighted by Gasteiger charge is -2.25. The Balaban J connectivity index is 1.77. The lowest BCUT2D eigenvalue weighted by atomic mass is 9.92. The van der Waals surface area contributed by atoms with Gasteiger partial charge in [0.1, 0.15) is 0 Å². The quantitative estimate of drug-likeness (QED) is 0.848. The third-order valence-corrected chi connectivity index (χ3v) is 4.79. The molecule has 1 aliphatic carbocycles. The average Bonchev–Trinajstić information content (AvgIpc) is 2.51. The number of hydrogen-bond donors (Lipinski definition) is 1. The van der Waals surface area contributed by atoms with Crippen LogP contribution >= 0.6 is 27.5 Å². The first-order valence-electron chi connectivity index (χ1n) is 7.26. The third kappa shape index (κ3) is 3.48. The van der Waals surface area contributed by atoms with Crippen LogP contribution in [0, 0.1) is 0 Å². The first-order valence-corrected chi connectivity index (χ1v) is 8.43. The summed E-state index contributed by atoms with van der Waals surface area (Å²) in [6.07, 6.45) is 2.13. The van der Waals surface area contributed by atoms with E-state index in [0.717, 1.165) is 28.6 Å². The van der Waals surface area contributed by atoms with E-state index < -0.39 is 0 Å². The van der Waals surface area contributed by atoms with Crippen molar-refractivity contribution in [1.29, 1.82) is 0 Å². The zero-order valence-electron chi connectivity index (χ0n) is 12.5. The number of amides is 1. The van der Waals surface area contributed by atoms with E-state index in [-0.39, 0.29) is 17.5 Å². The maximum Gasteiger partial charge on any atom is 0.266 e. The highest BCUT2D eigenvalue weighted by molar-refractivity contribution is 9.10. The van der Waals surface area contributed by atoms with Crippen LogP contribution in [0.4, 0.5) is 0 Å². The van der Waals surface area contributed by atoms with E-state index in [9.17, 15) is 9.59 Å². The van der Waals surface area contributed by atoms with Gasteiger partial charge in [-0.05, 0) is 43.0 Å². The molecule has 0 radical (unpaired) electrons. The molecule has 0 saturated carbocycles. The summed E-state index contributed by atoms with van der Waals surface area (Å²) in [4.78, 5) is 24.1. The van der Waals surface area contributed by atoms with Gasteiger partial charge < -0.3 is 5.32 Å². The minimum atomic E-state index is -0.207. The van der Waals surface area contributed by atoms with E-state index in [4.69, 9.17) is 11.6 Å². The van der Waals surface area contributed by atoms with Gasteiger partial charge in [0.25, 0.3) is 11.5 Å². The van der Waals surface area contributed by atoms with Gasteiger partial charge in [-0.1, -0.05) is 27.5 Å². The van der Waals surface area contributed by atoms with Crippen LogP contribution in [0.3, 0.4) is 0 Å². The van der Waals surface area contributed by atoms with Gasteiger partial charge in [-0.3, -0.25) is 9.59 Å². The molecule has 3 rings (SSSR count). The van der Waals surface area contributed by atoms with Crippen LogP contribution in [-0.4, -0.2) is 21.7 Å². The van der Waals surface area contributed by atoms with E-state index in [1.807, 2.05) is 0 Å². The standard InChI is InChI=1S/C16H15BrClN3O2/c1-21-15(22)7-9-6-11(3-5-14(9)20-21)19-16(23)12-8-10(17)2-4-13(12)18/h2,4,7-8,11H,3,5-6H2,1H3,(H,19,23). The van der Waals surface area contributed by atoms with Crippen molar-refractivity contribution >= 4 is 33.4 Å². The summed E-state index contributed by atoms with van der Waals surface area (Å²) in [5, 5.41) is 7.69. The van der Waals surface area contributed by atoms with Gasteiger partial charge in [0.15, 0.2) is 0 Å². The second-order valence-corrected chi connectivity index (χ2v) is 6.94. The molecule has 1 heterocycles. The van der Waals surface area contributed by atoms with Crippen molar-refractivity contribution in [2.75, 3.05) is 0 Å². The Hall–Kier alpha value is -1.66. The van der Waals surface area contributed by atoms with Crippen LogP contribution in [-0.2, 0) is 19.9 Å². The first kappa shape index (κ1) is 16.2. The summed E-state index contributed by atoms with van der Waals surface area (Å²) in [7, 11) is 1.64. The van der Waals surface area contributed by atoms with Gasteiger partial charge in [-0.2, -0.15) is 5.10 Å². The second-order valence-electron chi connectivity index (χ2n) is 5.62. The number of nitrogens with zero attached hydrogens (tertiary/aromatic N) is 2. The summed E-state index contributed by atoms with van der Waals surface area (Å²) in [6, 6.07) is 6.75. The summed E-state index contributed by atoms with van der Waals surface area (Å²) in [5.41, 5.74) is 2.14. The molecular weight excluding hydrogens is 382 g/mol. The molecule has 7 heteroatoms. The predicted octanol–water partition coefficient (Wildman–Crippen LogP) is 2.48. The molecule has 1 unspecified atom stereocenters. The van der Waals surface area contributed by atoms with Crippen molar-refractivity contribution < 1.29 is 4.79 Å². The molecule has 120 valence electrons. The molecule has 23 heavy (non-hydrogen) atoms. The van der Waals surface area contributed by atoms with Gasteiger partial charge in [0.05, 0.1) is 16.3 Å². The summed E-state index contributed by atoms with van der Waals surface area (Å²) < 4.78 is 2.15. The highest BCUT2D eigenvalue weighted by Crippen LogP contribution is 2.22. The monoisotopic (exact) mass is 395 g/mol. The Labute approximate surface area is 146 Å². The minimum absolute atomic E-state index is 0.0287. The Morgan fingerprint density at radius 2 is 2.22 bits per heavy atom. The fourth-order valence-corrected chi connectivity index (χ4v) is 3.31. The van der Waals surface area contributed by atoms with E-state index in [2.05, 4.69) is 26.3 Å². The van der Waals surface area contributed by atoms with Crippen molar-refractivity contribution in [3.63, 3.8) is 0 Å². The van der Waals surface area contributed by atoms with E-state index in [1.54, 1.807) is 31.3 Å². The van der Waals surface area contributed by atoms with Crippen molar-refractivity contribution in [2.45, 2.75) is 25.3 Å². The lowest BCUT2D eigenvalue weighted by Crippen LogP contribution is -2.40. The van der Waals surface area contributed by atoms with Crippen LogP contribution in [0.15, 0.2) is 33.5 Å². The first-order chi connectivity index (χ1) is 10.9. The number of aromatic nitrogens is 2. The van der Waals surface area contributed by atoms with E-state index >= 15 is 0 Å². The second kappa shape index (κ2) is 6.45. The van der Waals surface area contributed by atoms with E-state index in [1.165, 1.54) is 4.68 Å². The highest BCUT2D eigenvalue weighted by atomic mass is 79.9. The Morgan fingerprint density at radius 1 is 1.43 bits per heavy atom. The van der Waals surface area contributed by atoms with Crippen molar-refractivity contribution in [1.82, 2.24) is 15.1 Å². The molecule has 1 atom stereocenters. The summed E-state index contributed by atoms with van der Waals surface area (Å²) >= 11 is 9.43. The number of benzene rings is 1. The summed E-state index contributed by atoms with van der Waals surface area (Å²) in [5.74, 6) is -0.207. The van der Waals surface area contributed by atoms with Gasteiger partial charge in [0.2, 0.25) is 0 Å². The molecule has 1 aliphatic rings. The number of nitrogens with one attached hydrogen (secondary N) is 1. The van der Waals surface area contributed by atoms with Crippen LogP contribution in [0.2, 0.25) is 5.02 Å². The SMILES string of the molecule is Cn1nc2c(cc1=O)CC(NC(=O)c1cc(Br)ccc1Cl)CC2. The molecule has 2 aromatic rings. The van der Waals surface area contributed by atoms with Gasteiger partial charge in [-0.25, -0.2) is 4.68 Å². The van der Waals surface area contributed by atoms with Gasteiger partial charge in [-0.15, -0.1) is 0 Å². The van der Waals surface area contributed by atoms with Crippen LogP contribution < -0.4 is 10.9 Å². The molecule has 1 aromatic heterocycles. The molecule has 0 spiro atoms. The zero-order valence-corrected chi connectivity index (χ0v) is 14.8. The van der Waals surface area contributed by atoms with Crippen molar-refractivity contribution in [3.8, 4) is 0 Å². The fraction of sp³-hybridized carbons (Fsp3) is 0.312. The van der Waals surface area contributed by atoms with Crippen molar-refractivity contribution in [3.05, 3.63) is 60.9 Å². The van der Waals surface area contributed by atoms with E-state index in [0.29, 0.717) is 17.0 Å². The summed E-state index contributed by atoms with van der Waals surface area (Å²) in [6.45, 7) is 0. The molecule has 1 N–H and O–H groups in total. The molecule has 5 nitrogen and oxygen atoms in total. The normalized spacial score (nSPS) is 16.7. The molecule has 0 fully saturated rings. The fourth-order valence-electron chi connectivity index (χ4n) is 2.74.